The average Bonchev–Trinajstić information content (AvgIpc) is 2.09. The van der Waals surface area contributed by atoms with Crippen molar-refractivity contribution in [3.63, 3.8) is 0 Å². The van der Waals surface area contributed by atoms with E-state index in [1.807, 2.05) is 0 Å². The summed E-state index contributed by atoms with van der Waals surface area (Å²) in [6.45, 7) is 5.13. The van der Waals surface area contributed by atoms with Crippen molar-refractivity contribution in [2.75, 3.05) is 0 Å². The van der Waals surface area contributed by atoms with Crippen molar-refractivity contribution in [2.24, 2.45) is 0 Å². The molecule has 0 aromatic heterocycles. The third-order valence-corrected chi connectivity index (χ3v) is 1.82. The van der Waals surface area contributed by atoms with Crippen molar-refractivity contribution in [3.8, 4) is 11.5 Å². The molecule has 0 aliphatic carbocycles. The van der Waals surface area contributed by atoms with E-state index in [0.29, 0.717) is 11.3 Å². The summed E-state index contributed by atoms with van der Waals surface area (Å²) in [5.41, 5.74) is 0.341. The van der Waals surface area contributed by atoms with Gasteiger partial charge in [0, 0.05) is 5.56 Å². The number of hydrogen-bond donors (Lipinski definition) is 0. The van der Waals surface area contributed by atoms with Gasteiger partial charge in [-0.2, -0.15) is 0 Å². The summed E-state index contributed by atoms with van der Waals surface area (Å²) in [5.74, 6) is 0.169. The zero-order valence-electron chi connectivity index (χ0n) is 9.26. The van der Waals surface area contributed by atoms with E-state index in [9.17, 15) is 13.2 Å². The van der Waals surface area contributed by atoms with Crippen LogP contribution in [0.25, 0.3) is 0 Å². The largest absolute Gasteiger partial charge is 0.573 e. The first-order valence-corrected chi connectivity index (χ1v) is 4.81. The van der Waals surface area contributed by atoms with Crippen LogP contribution in [0, 0.1) is 6.92 Å². The number of halogens is 3. The van der Waals surface area contributed by atoms with Gasteiger partial charge in [-0.3, -0.25) is 0 Å². The Bertz CT molecular complexity index is 359. The second-order valence-electron chi connectivity index (χ2n) is 3.59. The molecule has 1 aromatic carbocycles. The predicted molar refractivity (Wildman–Crippen MR) is 53.6 cm³/mol. The lowest BCUT2D eigenvalue weighted by molar-refractivity contribution is -0.274. The van der Waals surface area contributed by atoms with Gasteiger partial charge in [0.1, 0.15) is 11.5 Å². The summed E-state index contributed by atoms with van der Waals surface area (Å²) in [6, 6.07) is 4.33. The fraction of sp³-hybridized carbons (Fsp3) is 0.455. The van der Waals surface area contributed by atoms with Crippen LogP contribution < -0.4 is 9.47 Å². The number of rotatable bonds is 3. The van der Waals surface area contributed by atoms with E-state index in [2.05, 4.69) is 4.74 Å². The minimum atomic E-state index is -4.68. The van der Waals surface area contributed by atoms with E-state index in [-0.39, 0.29) is 11.9 Å². The van der Waals surface area contributed by atoms with E-state index in [1.165, 1.54) is 19.1 Å². The maximum Gasteiger partial charge on any atom is 0.573 e. The molecule has 0 bridgehead atoms. The zero-order chi connectivity index (χ0) is 12.3. The number of benzene rings is 1. The fourth-order valence-electron chi connectivity index (χ4n) is 1.21. The monoisotopic (exact) mass is 234 g/mol. The highest BCUT2D eigenvalue weighted by atomic mass is 19.4. The molecule has 5 heteroatoms. The van der Waals surface area contributed by atoms with Crippen LogP contribution in [0.4, 0.5) is 13.2 Å². The molecule has 1 rings (SSSR count). The Morgan fingerprint density at radius 1 is 1.12 bits per heavy atom. The first-order valence-electron chi connectivity index (χ1n) is 4.81. The normalized spacial score (nSPS) is 11.7. The Labute approximate surface area is 92.0 Å². The van der Waals surface area contributed by atoms with Gasteiger partial charge in [-0.1, -0.05) is 6.07 Å². The van der Waals surface area contributed by atoms with Crippen molar-refractivity contribution >= 4 is 0 Å². The Morgan fingerprint density at radius 2 is 1.69 bits per heavy atom. The van der Waals surface area contributed by atoms with E-state index >= 15 is 0 Å². The maximum atomic E-state index is 12.1. The highest BCUT2D eigenvalue weighted by Crippen LogP contribution is 2.31. The molecule has 90 valence electrons. The smallest absolute Gasteiger partial charge is 0.491 e. The van der Waals surface area contributed by atoms with E-state index in [4.69, 9.17) is 4.74 Å². The Morgan fingerprint density at radius 3 is 2.19 bits per heavy atom. The molecule has 16 heavy (non-hydrogen) atoms. The van der Waals surface area contributed by atoms with Crippen LogP contribution in [0.2, 0.25) is 0 Å². The number of alkyl halides is 3. The fourth-order valence-corrected chi connectivity index (χ4v) is 1.21. The van der Waals surface area contributed by atoms with Crippen molar-refractivity contribution < 1.29 is 22.6 Å². The van der Waals surface area contributed by atoms with Crippen molar-refractivity contribution in [1.82, 2.24) is 0 Å². The van der Waals surface area contributed by atoms with E-state index in [0.717, 1.165) is 0 Å². The third-order valence-electron chi connectivity index (χ3n) is 1.82. The molecule has 0 heterocycles. The van der Waals surface area contributed by atoms with Crippen LogP contribution >= 0.6 is 0 Å². The molecule has 0 N–H and O–H groups in total. The molecule has 0 aliphatic heterocycles. The topological polar surface area (TPSA) is 18.5 Å². The van der Waals surface area contributed by atoms with Crippen LogP contribution in [0.15, 0.2) is 18.2 Å². The molecule has 0 unspecified atom stereocenters. The first-order chi connectivity index (χ1) is 7.29. The first kappa shape index (κ1) is 12.7. The molecule has 0 fully saturated rings. The van der Waals surface area contributed by atoms with Crippen LogP contribution in [0.1, 0.15) is 19.4 Å². The molecule has 0 amide bonds. The van der Waals surface area contributed by atoms with Crippen LogP contribution in [-0.4, -0.2) is 12.5 Å². The van der Waals surface area contributed by atoms with Gasteiger partial charge in [0.2, 0.25) is 0 Å². The molecule has 0 spiro atoms. The van der Waals surface area contributed by atoms with Crippen molar-refractivity contribution in [2.45, 2.75) is 33.2 Å². The lowest BCUT2D eigenvalue weighted by Crippen LogP contribution is -2.18. The lowest BCUT2D eigenvalue weighted by atomic mass is 10.2. The van der Waals surface area contributed by atoms with Gasteiger partial charge in [0.15, 0.2) is 0 Å². The molecule has 0 radical (unpaired) electrons. The molecule has 2 nitrogen and oxygen atoms in total. The van der Waals surface area contributed by atoms with Crippen molar-refractivity contribution in [3.05, 3.63) is 23.8 Å². The summed E-state index contributed by atoms with van der Waals surface area (Å²) in [5, 5.41) is 0. The van der Waals surface area contributed by atoms with E-state index < -0.39 is 6.36 Å². The van der Waals surface area contributed by atoms with Gasteiger partial charge in [-0.15, -0.1) is 13.2 Å². The minimum Gasteiger partial charge on any atom is -0.491 e. The number of ether oxygens (including phenoxy) is 2. The summed E-state index contributed by atoms with van der Waals surface area (Å²) in [4.78, 5) is 0. The quantitative estimate of drug-likeness (QED) is 0.794. The average molecular weight is 234 g/mol. The summed E-state index contributed by atoms with van der Waals surface area (Å²) in [7, 11) is 0. The summed E-state index contributed by atoms with van der Waals surface area (Å²) < 4.78 is 45.4. The standard InChI is InChI=1S/C11H13F3O2/c1-7(2)15-9-5-4-6-10(8(9)3)16-11(12,13)14/h4-7H,1-3H3. The van der Waals surface area contributed by atoms with Crippen LogP contribution in [0.3, 0.4) is 0 Å². The highest BCUT2D eigenvalue weighted by molar-refractivity contribution is 5.43. The van der Waals surface area contributed by atoms with Gasteiger partial charge < -0.3 is 9.47 Å². The van der Waals surface area contributed by atoms with E-state index in [1.54, 1.807) is 19.9 Å². The molecular weight excluding hydrogens is 221 g/mol. The SMILES string of the molecule is Cc1c(OC(C)C)cccc1OC(F)(F)F. The van der Waals surface area contributed by atoms with Gasteiger partial charge in [-0.25, -0.2) is 0 Å². The second kappa shape index (κ2) is 4.63. The lowest BCUT2D eigenvalue weighted by Gasteiger charge is -2.16. The Kier molecular flexibility index (Phi) is 3.67. The van der Waals surface area contributed by atoms with Gasteiger partial charge in [0.25, 0.3) is 0 Å². The minimum absolute atomic E-state index is 0.0974. The Hall–Kier alpha value is -1.39. The summed E-state index contributed by atoms with van der Waals surface area (Å²) in [6.07, 6.45) is -4.78. The number of hydrogen-bond acceptors (Lipinski definition) is 2. The molecule has 0 saturated heterocycles. The molecule has 0 saturated carbocycles. The third kappa shape index (κ3) is 3.64. The molecule has 1 aromatic rings. The molecular formula is C11H13F3O2. The maximum absolute atomic E-state index is 12.1. The van der Waals surface area contributed by atoms with Gasteiger partial charge >= 0.3 is 6.36 Å². The second-order valence-corrected chi connectivity index (χ2v) is 3.59. The highest BCUT2D eigenvalue weighted by Gasteiger charge is 2.32. The predicted octanol–water partition coefficient (Wildman–Crippen LogP) is 3.68. The summed E-state index contributed by atoms with van der Waals surface area (Å²) >= 11 is 0. The van der Waals surface area contributed by atoms with Gasteiger partial charge in [-0.05, 0) is 32.9 Å². The van der Waals surface area contributed by atoms with Gasteiger partial charge in [0.05, 0.1) is 6.10 Å². The molecule has 0 atom stereocenters. The zero-order valence-corrected chi connectivity index (χ0v) is 9.26. The Balaban J connectivity index is 2.95. The molecule has 0 aliphatic rings. The van der Waals surface area contributed by atoms with Crippen LogP contribution in [0.5, 0.6) is 11.5 Å². The van der Waals surface area contributed by atoms with Crippen molar-refractivity contribution in [1.29, 1.82) is 0 Å². The van der Waals surface area contributed by atoms with Crippen LogP contribution in [-0.2, 0) is 0 Å².